The van der Waals surface area contributed by atoms with Gasteiger partial charge in [0.05, 0.1) is 6.10 Å². The van der Waals surface area contributed by atoms with Gasteiger partial charge in [-0.2, -0.15) is 0 Å². The summed E-state index contributed by atoms with van der Waals surface area (Å²) in [5, 5.41) is 0. The van der Waals surface area contributed by atoms with Crippen LogP contribution in [0.5, 0.6) is 0 Å². The topological polar surface area (TPSA) is 103 Å². The third-order valence-electron chi connectivity index (χ3n) is 0.947. The van der Waals surface area contributed by atoms with Gasteiger partial charge < -0.3 is 9.53 Å². The largest absolute Gasteiger partial charge is 0 e. The van der Waals surface area contributed by atoms with Gasteiger partial charge in [0.1, 0.15) is 5.78 Å². The van der Waals surface area contributed by atoms with E-state index in [1.54, 1.807) is 19.8 Å². The summed E-state index contributed by atoms with van der Waals surface area (Å²) in [4.78, 5) is 20.0. The van der Waals surface area contributed by atoms with Crippen molar-refractivity contribution in [2.75, 3.05) is 0 Å². The summed E-state index contributed by atoms with van der Waals surface area (Å²) in [5.41, 5.74) is 0. The summed E-state index contributed by atoms with van der Waals surface area (Å²) in [6, 6.07) is 0. The second-order valence-electron chi connectivity index (χ2n) is 2.07. The second kappa shape index (κ2) is 36.0. The van der Waals surface area contributed by atoms with Gasteiger partial charge in [0, 0.05) is 29.9 Å². The van der Waals surface area contributed by atoms with Gasteiger partial charge in [-0.3, -0.25) is 4.79 Å². The summed E-state index contributed by atoms with van der Waals surface area (Å²) >= 11 is 0. The summed E-state index contributed by atoms with van der Waals surface area (Å²) in [5.74, 6) is -0.0384. The Labute approximate surface area is 117 Å². The first-order valence-electron chi connectivity index (χ1n) is 3.83. The van der Waals surface area contributed by atoms with Crippen LogP contribution in [0, 0.1) is 39.2 Å². The van der Waals surface area contributed by atoms with Crippen molar-refractivity contribution in [3.8, 4) is 0 Å². The van der Waals surface area contributed by atoms with Crippen LogP contribution in [0.4, 0.5) is 0 Å². The maximum absolute atomic E-state index is 10.4. The Morgan fingerprint density at radius 3 is 1.89 bits per heavy atom. The molecular formula is C11H10FeO6-. The molecule has 0 aromatic carbocycles. The molecule has 0 aliphatic heterocycles. The fraction of sp³-hybridized carbons (Fsp3) is 0.273. The number of hydrogen-bond acceptors (Lipinski definition) is 3. The number of rotatable bonds is 6. The summed E-state index contributed by atoms with van der Waals surface area (Å²) in [6.07, 6.45) is 4.20. The van der Waals surface area contributed by atoms with Crippen LogP contribution < -0.4 is 0 Å². The Morgan fingerprint density at radius 1 is 1.22 bits per heavy atom. The molecule has 3 radical (unpaired) electrons. The smallest absolute Gasteiger partial charge is 0 e. The van der Waals surface area contributed by atoms with E-state index in [0.717, 1.165) is 0 Å². The Kier molecular flexibility index (Phi) is 60.4. The maximum atomic E-state index is 10.4. The zero-order chi connectivity index (χ0) is 14.7. The van der Waals surface area contributed by atoms with Crippen molar-refractivity contribution in [2.24, 2.45) is 0 Å². The Bertz CT molecular complexity index is 219. The first-order valence-corrected chi connectivity index (χ1v) is 3.83. The predicted molar refractivity (Wildman–Crippen MR) is 51.6 cm³/mol. The molecule has 0 aromatic heterocycles. The molecule has 18 heavy (non-hydrogen) atoms. The molecular weight excluding hydrogens is 284 g/mol. The number of hydrogen-bond donors (Lipinski definition) is 0. The molecule has 0 rings (SSSR count). The molecule has 7 heteroatoms. The van der Waals surface area contributed by atoms with Crippen molar-refractivity contribution < 1.29 is 45.4 Å². The predicted octanol–water partition coefficient (Wildman–Crippen LogP) is 0.546. The maximum Gasteiger partial charge on any atom is 0 e. The molecule has 0 N–H and O–H groups in total. The zero-order valence-corrected chi connectivity index (χ0v) is 10.7. The number of ether oxygens (including phenoxy) is 1. The van der Waals surface area contributed by atoms with E-state index in [1.165, 1.54) is 19.8 Å². The molecule has 0 spiro atoms. The number of carbonyl (C=O) groups is 1. The summed E-state index contributed by atoms with van der Waals surface area (Å²) in [6.45, 7) is 17.9. The third kappa shape index (κ3) is 46.2. The number of carbonyl (C=O) groups excluding carboxylic acids is 2. The van der Waals surface area contributed by atoms with Crippen LogP contribution in [0.25, 0.3) is 0 Å². The van der Waals surface area contributed by atoms with Crippen LogP contribution in [0.15, 0.2) is 0 Å². The van der Waals surface area contributed by atoms with Crippen molar-refractivity contribution in [1.29, 1.82) is 0 Å². The van der Waals surface area contributed by atoms with Gasteiger partial charge in [0.2, 0.25) is 0 Å². The molecule has 1 atom stereocenters. The van der Waals surface area contributed by atoms with E-state index < -0.39 is 0 Å². The van der Waals surface area contributed by atoms with Crippen molar-refractivity contribution in [3.63, 3.8) is 0 Å². The molecule has 0 bridgehead atoms. The average Bonchev–Trinajstić information content (AvgIpc) is 2.36. The van der Waals surface area contributed by atoms with Gasteiger partial charge in [-0.15, -0.1) is 0 Å². The van der Waals surface area contributed by atoms with Gasteiger partial charge in [-0.1, -0.05) is 6.47 Å². The molecule has 6 nitrogen and oxygen atoms in total. The van der Waals surface area contributed by atoms with Crippen molar-refractivity contribution in [2.45, 2.75) is 20.0 Å². The molecule has 0 aliphatic rings. The van der Waals surface area contributed by atoms with Gasteiger partial charge >= 0.3 is 33.9 Å². The molecule has 0 amide bonds. The normalized spacial score (nSPS) is 7.78. The number of Topliss-reactive ketones (excluding diaryl/α,β-unsaturated/α-hetero) is 1. The third-order valence-corrected chi connectivity index (χ3v) is 0.947. The van der Waals surface area contributed by atoms with Gasteiger partial charge in [0.15, 0.2) is 0 Å². The van der Waals surface area contributed by atoms with Crippen LogP contribution in [0.3, 0.4) is 0 Å². The minimum absolute atomic E-state index is 0. The van der Waals surface area contributed by atoms with Crippen LogP contribution in [0.1, 0.15) is 13.8 Å². The summed E-state index contributed by atoms with van der Waals surface area (Å²) in [7, 11) is 0. The van der Waals surface area contributed by atoms with Gasteiger partial charge in [-0.25, -0.2) is 0 Å². The Balaban J connectivity index is -0.0000000700. The average molecular weight is 294 g/mol. The minimum atomic E-state index is -0.330. The molecule has 0 heterocycles. The standard InChI is InChI=1S/C8H10O3.3CO.Fe/c1-7(10)4-3-5-8(2)11-6-9;3*1-2;/h3-5,8H,1-2H3;;;;/q-1;;;;/t8-;;;;/m1..../s1. The first kappa shape index (κ1) is 30.2. The number of ketones is 1. The first-order chi connectivity index (χ1) is 8.16. The minimum Gasteiger partial charge on any atom is 0 e. The van der Waals surface area contributed by atoms with Crippen molar-refractivity contribution >= 4 is 12.3 Å². The molecule has 0 saturated heterocycles. The van der Waals surface area contributed by atoms with E-state index in [-0.39, 0.29) is 29.0 Å². The van der Waals surface area contributed by atoms with E-state index >= 15 is 0 Å². The zero-order valence-electron chi connectivity index (χ0n) is 9.61. The van der Waals surface area contributed by atoms with E-state index in [0.29, 0.717) is 0 Å². The molecule has 0 unspecified atom stereocenters. The van der Waals surface area contributed by atoms with Crippen LogP contribution in [0.2, 0.25) is 0 Å². The van der Waals surface area contributed by atoms with Crippen molar-refractivity contribution in [1.82, 2.24) is 0 Å². The molecule has 0 aliphatic carbocycles. The van der Waals surface area contributed by atoms with E-state index in [4.69, 9.17) is 14.0 Å². The van der Waals surface area contributed by atoms with E-state index in [9.17, 15) is 9.59 Å². The monoisotopic (exact) mass is 294 g/mol. The van der Waals surface area contributed by atoms with E-state index in [2.05, 4.69) is 24.7 Å². The molecule has 0 fully saturated rings. The van der Waals surface area contributed by atoms with E-state index in [1.807, 2.05) is 0 Å². The summed E-state index contributed by atoms with van der Waals surface area (Å²) < 4.78 is 26.9. The van der Waals surface area contributed by atoms with Crippen LogP contribution >= 0.6 is 0 Å². The van der Waals surface area contributed by atoms with Gasteiger partial charge in [-0.05, 0) is 20.3 Å². The second-order valence-corrected chi connectivity index (χ2v) is 2.07. The molecule has 0 saturated carbocycles. The van der Waals surface area contributed by atoms with Gasteiger partial charge in [0.25, 0.3) is 0 Å². The van der Waals surface area contributed by atoms with Crippen molar-refractivity contribution in [3.05, 3.63) is 39.2 Å². The fourth-order valence-electron chi connectivity index (χ4n) is 0.463. The van der Waals surface area contributed by atoms with Crippen LogP contribution in [-0.4, -0.2) is 18.4 Å². The SMILES string of the molecule is CC(=O)[CH][CH][CH][C@@H](C)O[C-]=O.[C-]#[O+].[C-]#[O+].[C-]#[O+].[Fe]. The van der Waals surface area contributed by atoms with Crippen LogP contribution in [-0.2, 0) is 45.4 Å². The Hall–Kier alpha value is -1.12. The molecule has 99 valence electrons. The molecule has 0 aromatic rings. The quantitative estimate of drug-likeness (QED) is 0.406. The fourth-order valence-corrected chi connectivity index (χ4v) is 0.463. The Morgan fingerprint density at radius 2 is 1.61 bits per heavy atom.